The molecule has 0 aromatic heterocycles. The summed E-state index contributed by atoms with van der Waals surface area (Å²) in [4.78, 5) is 37.7. The third-order valence-corrected chi connectivity index (χ3v) is 14.3. The van der Waals surface area contributed by atoms with E-state index in [9.17, 15) is 19.0 Å². The van der Waals surface area contributed by atoms with Crippen molar-refractivity contribution in [3.05, 3.63) is 85.1 Å². The molecule has 0 aliphatic rings. The van der Waals surface area contributed by atoms with Crippen molar-refractivity contribution >= 4 is 19.7 Å². The summed E-state index contributed by atoms with van der Waals surface area (Å²) < 4.78 is 30.6. The predicted molar refractivity (Wildman–Crippen MR) is 323 cm³/mol. The van der Waals surface area contributed by atoms with E-state index in [0.717, 1.165) is 89.9 Å². The number of carbonyl (C=O) groups is 2. The first-order chi connectivity index (χ1) is 36.4. The third kappa shape index (κ3) is 55.7. The zero-order chi connectivity index (χ0) is 55.0. The molecular weight excluding hydrogens is 952 g/mol. The lowest BCUT2D eigenvalue weighted by atomic mass is 10.0. The SMILES string of the molecule is CC/C=C\C/C=C\C/C=C\C/C=C\C/C=C\CCCCCC(=O)NC(COP(=O)(O)OCC[N+](C)(C)C)C(/C=C/CCCCCCCCCCC)OC(=O)CCCCCCCCCCC/C=C/CCCCCCCC. The Morgan fingerprint density at radius 1 is 0.480 bits per heavy atom. The van der Waals surface area contributed by atoms with Crippen LogP contribution in [0.25, 0.3) is 0 Å². The minimum Gasteiger partial charge on any atom is -0.456 e. The lowest BCUT2D eigenvalue weighted by Crippen LogP contribution is -2.47. The topological polar surface area (TPSA) is 111 Å². The van der Waals surface area contributed by atoms with E-state index in [1.807, 2.05) is 33.3 Å². The van der Waals surface area contributed by atoms with Gasteiger partial charge in [-0.3, -0.25) is 18.6 Å². The summed E-state index contributed by atoms with van der Waals surface area (Å²) in [5, 5.41) is 3.03. The minimum atomic E-state index is -4.46. The van der Waals surface area contributed by atoms with Crippen LogP contribution in [0.3, 0.4) is 0 Å². The highest BCUT2D eigenvalue weighted by Crippen LogP contribution is 2.43. The molecule has 10 heteroatoms. The molecule has 0 heterocycles. The van der Waals surface area contributed by atoms with Crippen LogP contribution in [0.4, 0.5) is 0 Å². The van der Waals surface area contributed by atoms with Crippen LogP contribution < -0.4 is 5.32 Å². The second kappa shape index (κ2) is 54.5. The Kier molecular flexibility index (Phi) is 52.5. The largest absolute Gasteiger partial charge is 0.472 e. The van der Waals surface area contributed by atoms with Crippen molar-refractivity contribution < 1.29 is 37.3 Å². The van der Waals surface area contributed by atoms with Crippen molar-refractivity contribution in [1.29, 1.82) is 0 Å². The van der Waals surface area contributed by atoms with Gasteiger partial charge in [0.1, 0.15) is 19.3 Å². The number of likely N-dealkylation sites (N-methyl/N-ethyl adjacent to an activating group) is 1. The number of hydrogen-bond acceptors (Lipinski definition) is 6. The zero-order valence-corrected chi connectivity index (χ0v) is 50.4. The molecule has 0 fully saturated rings. The number of nitrogens with one attached hydrogen (secondary N) is 1. The van der Waals surface area contributed by atoms with Crippen LogP contribution in [0.15, 0.2) is 85.1 Å². The van der Waals surface area contributed by atoms with Gasteiger partial charge in [0.05, 0.1) is 33.8 Å². The Morgan fingerprint density at radius 2 is 0.853 bits per heavy atom. The average molecular weight is 1070 g/mol. The summed E-state index contributed by atoms with van der Waals surface area (Å²) in [5.41, 5.74) is 0. The molecule has 1 amide bonds. The number of phosphoric acid groups is 1. The van der Waals surface area contributed by atoms with Crippen molar-refractivity contribution in [2.75, 3.05) is 40.9 Å². The van der Waals surface area contributed by atoms with E-state index in [-0.39, 0.29) is 31.5 Å². The van der Waals surface area contributed by atoms with Gasteiger partial charge in [-0.15, -0.1) is 0 Å². The Bertz CT molecular complexity index is 1560. The van der Waals surface area contributed by atoms with Crippen LogP contribution in [0.1, 0.15) is 265 Å². The molecule has 434 valence electrons. The third-order valence-electron chi connectivity index (χ3n) is 13.3. The molecule has 0 aromatic carbocycles. The van der Waals surface area contributed by atoms with E-state index >= 15 is 0 Å². The fourth-order valence-electron chi connectivity index (χ4n) is 8.55. The molecule has 0 bridgehead atoms. The van der Waals surface area contributed by atoms with Crippen LogP contribution in [0.5, 0.6) is 0 Å². The Balaban J connectivity index is 5.29. The van der Waals surface area contributed by atoms with E-state index in [1.165, 1.54) is 135 Å². The number of esters is 1. The molecule has 0 aromatic rings. The van der Waals surface area contributed by atoms with Gasteiger partial charge in [-0.25, -0.2) is 4.57 Å². The molecule has 0 saturated heterocycles. The van der Waals surface area contributed by atoms with Crippen molar-refractivity contribution in [2.45, 2.75) is 277 Å². The van der Waals surface area contributed by atoms with Gasteiger partial charge in [0.25, 0.3) is 0 Å². The number of amides is 1. The van der Waals surface area contributed by atoms with Gasteiger partial charge in [0.2, 0.25) is 5.91 Å². The van der Waals surface area contributed by atoms with Gasteiger partial charge in [-0.05, 0) is 102 Å². The van der Waals surface area contributed by atoms with Crippen LogP contribution >= 0.6 is 7.82 Å². The van der Waals surface area contributed by atoms with E-state index in [0.29, 0.717) is 23.9 Å². The molecule has 0 radical (unpaired) electrons. The van der Waals surface area contributed by atoms with Gasteiger partial charge in [-0.1, -0.05) is 235 Å². The van der Waals surface area contributed by atoms with E-state index in [4.69, 9.17) is 13.8 Å². The second-order valence-electron chi connectivity index (χ2n) is 21.8. The van der Waals surface area contributed by atoms with Crippen LogP contribution in [0, 0.1) is 0 Å². The fraction of sp³-hybridized carbons (Fsp3) is 0.754. The Hall–Kier alpha value is -2.81. The quantitative estimate of drug-likeness (QED) is 0.0205. The van der Waals surface area contributed by atoms with E-state index in [1.54, 1.807) is 0 Å². The number of quaternary nitrogens is 1. The number of unbranched alkanes of at least 4 members (excludes halogenated alkanes) is 27. The smallest absolute Gasteiger partial charge is 0.456 e. The Morgan fingerprint density at radius 3 is 1.31 bits per heavy atom. The highest BCUT2D eigenvalue weighted by Gasteiger charge is 2.30. The number of rotatable bonds is 55. The molecular formula is C65H118N2O7P+. The molecule has 75 heavy (non-hydrogen) atoms. The summed E-state index contributed by atoms with van der Waals surface area (Å²) in [5.74, 6) is -0.546. The maximum Gasteiger partial charge on any atom is 0.472 e. The maximum absolute atomic E-state index is 13.5. The standard InChI is InChI=1S/C65H117N2O7P/c1-7-10-13-16-19-22-25-27-29-31-33-35-37-39-42-45-48-51-54-57-64(68)66-62(61-73-75(70,71)72-60-59-67(4,5)6)63(56-53-50-47-44-41-24-21-18-15-12-9-3)74-65(69)58-55-52-49-46-43-40-38-36-34-32-30-28-26-23-20-17-14-11-8-2/h10,13,19,22,27-30,33,35,39,42,53,56,62-63H,7-9,11-12,14-18,20-21,23-26,31-32,34,36-38,40-41,43-52,54-55,57-61H2,1-6H3,(H-,66,68,70,71)/p+1/b13-10-,22-19-,29-27-,30-28+,35-33-,42-39-,56-53+. The molecule has 3 unspecified atom stereocenters. The monoisotopic (exact) mass is 1070 g/mol. The number of allylic oxidation sites excluding steroid dienone is 13. The second-order valence-corrected chi connectivity index (χ2v) is 23.3. The molecule has 0 aliphatic carbocycles. The van der Waals surface area contributed by atoms with Crippen LogP contribution in [-0.4, -0.2) is 74.3 Å². The predicted octanol–water partition coefficient (Wildman–Crippen LogP) is 19.0. The normalized spacial score (nSPS) is 14.3. The molecule has 0 spiro atoms. The number of nitrogens with zero attached hydrogens (tertiary/aromatic N) is 1. The highest BCUT2D eigenvalue weighted by molar-refractivity contribution is 7.47. The van der Waals surface area contributed by atoms with E-state index in [2.05, 4.69) is 99.0 Å². The summed E-state index contributed by atoms with van der Waals surface area (Å²) in [6.45, 7) is 6.86. The van der Waals surface area contributed by atoms with Gasteiger partial charge in [-0.2, -0.15) is 0 Å². The number of ether oxygens (including phenoxy) is 1. The average Bonchev–Trinajstić information content (AvgIpc) is 3.37. The zero-order valence-electron chi connectivity index (χ0n) is 49.5. The lowest BCUT2D eigenvalue weighted by molar-refractivity contribution is -0.870. The van der Waals surface area contributed by atoms with Crippen LogP contribution in [-0.2, 0) is 27.9 Å². The van der Waals surface area contributed by atoms with E-state index < -0.39 is 20.0 Å². The molecule has 0 saturated carbocycles. The highest BCUT2D eigenvalue weighted by atomic mass is 31.2. The fourth-order valence-corrected chi connectivity index (χ4v) is 9.29. The maximum atomic E-state index is 13.5. The van der Waals surface area contributed by atoms with Gasteiger partial charge in [0, 0.05) is 12.8 Å². The van der Waals surface area contributed by atoms with Crippen molar-refractivity contribution in [2.24, 2.45) is 0 Å². The first-order valence-corrected chi connectivity index (χ1v) is 32.4. The molecule has 0 aliphatic heterocycles. The van der Waals surface area contributed by atoms with Crippen molar-refractivity contribution in [1.82, 2.24) is 5.32 Å². The van der Waals surface area contributed by atoms with Crippen molar-refractivity contribution in [3.63, 3.8) is 0 Å². The molecule has 9 nitrogen and oxygen atoms in total. The van der Waals surface area contributed by atoms with Gasteiger partial charge >= 0.3 is 13.8 Å². The van der Waals surface area contributed by atoms with Crippen LogP contribution in [0.2, 0.25) is 0 Å². The lowest BCUT2D eigenvalue weighted by Gasteiger charge is -2.27. The summed E-state index contributed by atoms with van der Waals surface area (Å²) in [7, 11) is 1.46. The number of carbonyl (C=O) groups excluding carboxylic acids is 2. The number of hydrogen-bond donors (Lipinski definition) is 2. The number of phosphoric ester groups is 1. The molecule has 0 rings (SSSR count). The summed E-state index contributed by atoms with van der Waals surface area (Å²) in [6, 6.07) is -0.870. The minimum absolute atomic E-state index is 0.0300. The summed E-state index contributed by atoms with van der Waals surface area (Å²) in [6.07, 6.45) is 71.5. The Labute approximate surface area is 463 Å². The van der Waals surface area contributed by atoms with Crippen molar-refractivity contribution in [3.8, 4) is 0 Å². The molecule has 2 N–H and O–H groups in total. The first-order valence-electron chi connectivity index (χ1n) is 30.9. The first kappa shape index (κ1) is 72.2. The molecule has 3 atom stereocenters. The van der Waals surface area contributed by atoms with Gasteiger partial charge in [0.15, 0.2) is 0 Å². The van der Waals surface area contributed by atoms with Gasteiger partial charge < -0.3 is 19.4 Å². The summed E-state index contributed by atoms with van der Waals surface area (Å²) >= 11 is 0.